The van der Waals surface area contributed by atoms with Crippen LogP contribution in [0.4, 0.5) is 11.4 Å². The average molecular weight is 474 g/mol. The number of anilines is 2. The number of carbonyl (C=O) groups excluding carboxylic acids is 1. The van der Waals surface area contributed by atoms with Crippen LogP contribution in [0.15, 0.2) is 65.2 Å². The van der Waals surface area contributed by atoms with Gasteiger partial charge in [0, 0.05) is 60.9 Å². The number of nitrogens with zero attached hydrogens (tertiary/aromatic N) is 4. The number of aromatic nitrogens is 1. The molecule has 0 aliphatic carbocycles. The first-order valence-corrected chi connectivity index (χ1v) is 12.8. The molecule has 3 aromatic rings. The lowest BCUT2D eigenvalue weighted by Crippen LogP contribution is -2.47. The molecule has 2 aliphatic rings. The van der Waals surface area contributed by atoms with Gasteiger partial charge in [-0.25, -0.2) is 0 Å². The van der Waals surface area contributed by atoms with Gasteiger partial charge in [-0.3, -0.25) is 14.7 Å². The van der Waals surface area contributed by atoms with Gasteiger partial charge in [-0.15, -0.1) is 0 Å². The first-order valence-electron chi connectivity index (χ1n) is 11.8. The summed E-state index contributed by atoms with van der Waals surface area (Å²) in [5.74, 6) is 0.397. The van der Waals surface area contributed by atoms with Gasteiger partial charge in [-0.05, 0) is 62.2 Å². The van der Waals surface area contributed by atoms with Crippen molar-refractivity contribution in [2.24, 2.45) is 5.73 Å². The maximum atomic E-state index is 11.6. The molecule has 5 rings (SSSR count). The van der Waals surface area contributed by atoms with Crippen LogP contribution in [-0.4, -0.2) is 54.4 Å². The third kappa shape index (κ3) is 4.63. The molecule has 0 radical (unpaired) electrons. The number of benzene rings is 2. The predicted octanol–water partition coefficient (Wildman–Crippen LogP) is 4.14. The molecule has 1 amide bonds. The van der Waals surface area contributed by atoms with Gasteiger partial charge in [0.05, 0.1) is 16.3 Å². The SMILES string of the molecule is CC1=C(C(N)=O)SCN1c1cccc(CCN2CCN(c3cccc4nc(C)ccc34)CC2)c1. The first-order chi connectivity index (χ1) is 16.5. The van der Waals surface area contributed by atoms with Gasteiger partial charge in [0.1, 0.15) is 0 Å². The molecule has 1 saturated heterocycles. The molecule has 0 bridgehead atoms. The lowest BCUT2D eigenvalue weighted by atomic mass is 10.1. The fourth-order valence-electron chi connectivity index (χ4n) is 4.87. The smallest absolute Gasteiger partial charge is 0.256 e. The number of piperazine rings is 1. The van der Waals surface area contributed by atoms with Gasteiger partial charge in [-0.2, -0.15) is 0 Å². The summed E-state index contributed by atoms with van der Waals surface area (Å²) in [7, 11) is 0. The predicted molar refractivity (Wildman–Crippen MR) is 142 cm³/mol. The van der Waals surface area contributed by atoms with E-state index in [1.54, 1.807) is 0 Å². The number of carbonyl (C=O) groups is 1. The average Bonchev–Trinajstić information content (AvgIpc) is 3.24. The highest BCUT2D eigenvalue weighted by molar-refractivity contribution is 8.04. The number of nitrogens with two attached hydrogens (primary N) is 1. The lowest BCUT2D eigenvalue weighted by molar-refractivity contribution is -0.113. The van der Waals surface area contributed by atoms with Crippen molar-refractivity contribution in [1.82, 2.24) is 9.88 Å². The molecule has 6 nitrogen and oxygen atoms in total. The summed E-state index contributed by atoms with van der Waals surface area (Å²) in [6.45, 7) is 9.23. The van der Waals surface area contributed by atoms with E-state index in [2.05, 4.69) is 69.3 Å². The van der Waals surface area contributed by atoms with E-state index in [-0.39, 0.29) is 5.91 Å². The fourth-order valence-corrected chi connectivity index (χ4v) is 5.93. The minimum Gasteiger partial charge on any atom is -0.368 e. The Morgan fingerprint density at radius 1 is 1.03 bits per heavy atom. The molecule has 2 aliphatic heterocycles. The molecular weight excluding hydrogens is 442 g/mol. The van der Waals surface area contributed by atoms with E-state index in [4.69, 9.17) is 10.7 Å². The number of hydrogen-bond donors (Lipinski definition) is 1. The third-order valence-electron chi connectivity index (χ3n) is 6.80. The second kappa shape index (κ2) is 9.68. The standard InChI is InChI=1S/C27H31N5OS/c1-19-9-10-23-24(29-19)7-4-8-25(23)31-15-13-30(14-16-31)12-11-21-5-3-6-22(17-21)32-18-34-26(20(32)2)27(28)33/h3-10,17H,11-16,18H2,1-2H3,(H2,28,33). The Bertz CT molecular complexity index is 1250. The molecule has 34 heavy (non-hydrogen) atoms. The van der Waals surface area contributed by atoms with E-state index < -0.39 is 0 Å². The molecule has 0 saturated carbocycles. The molecule has 7 heteroatoms. The first kappa shape index (κ1) is 22.7. The van der Waals surface area contributed by atoms with Crippen molar-refractivity contribution in [2.75, 3.05) is 48.4 Å². The Morgan fingerprint density at radius 3 is 2.59 bits per heavy atom. The minimum absolute atomic E-state index is 0.338. The van der Waals surface area contributed by atoms with Gasteiger partial charge in [0.15, 0.2) is 0 Å². The molecule has 3 heterocycles. The molecule has 2 aromatic carbocycles. The van der Waals surface area contributed by atoms with E-state index in [1.807, 2.05) is 13.8 Å². The van der Waals surface area contributed by atoms with Gasteiger partial charge < -0.3 is 15.5 Å². The molecule has 1 aromatic heterocycles. The summed E-state index contributed by atoms with van der Waals surface area (Å²) < 4.78 is 0. The fraction of sp³-hybridized carbons (Fsp3) is 0.333. The highest BCUT2D eigenvalue weighted by Crippen LogP contribution is 2.35. The topological polar surface area (TPSA) is 65.7 Å². The number of amides is 1. The highest BCUT2D eigenvalue weighted by atomic mass is 32.2. The van der Waals surface area contributed by atoms with Crippen molar-refractivity contribution in [2.45, 2.75) is 20.3 Å². The van der Waals surface area contributed by atoms with Gasteiger partial charge in [0.2, 0.25) is 0 Å². The van der Waals surface area contributed by atoms with Crippen LogP contribution in [0.2, 0.25) is 0 Å². The van der Waals surface area contributed by atoms with Crippen LogP contribution in [-0.2, 0) is 11.2 Å². The quantitative estimate of drug-likeness (QED) is 0.581. The summed E-state index contributed by atoms with van der Waals surface area (Å²) in [5.41, 5.74) is 12.3. The zero-order valence-corrected chi connectivity index (χ0v) is 20.6. The van der Waals surface area contributed by atoms with Gasteiger partial charge in [0.25, 0.3) is 5.91 Å². The van der Waals surface area contributed by atoms with Crippen LogP contribution in [0.3, 0.4) is 0 Å². The Balaban J connectivity index is 1.19. The number of thioether (sulfide) groups is 1. The molecule has 0 atom stereocenters. The molecule has 2 N–H and O–H groups in total. The summed E-state index contributed by atoms with van der Waals surface area (Å²) in [6.07, 6.45) is 1.01. The summed E-state index contributed by atoms with van der Waals surface area (Å²) in [4.78, 5) is 24.2. The van der Waals surface area contributed by atoms with Crippen LogP contribution in [0.25, 0.3) is 10.9 Å². The van der Waals surface area contributed by atoms with Crippen LogP contribution in [0.1, 0.15) is 18.2 Å². The van der Waals surface area contributed by atoms with E-state index >= 15 is 0 Å². The van der Waals surface area contributed by atoms with Crippen LogP contribution in [0, 0.1) is 6.92 Å². The Kier molecular flexibility index (Phi) is 6.48. The van der Waals surface area contributed by atoms with Crippen LogP contribution in [0.5, 0.6) is 0 Å². The molecular formula is C27H31N5OS. The normalized spacial score (nSPS) is 17.1. The summed E-state index contributed by atoms with van der Waals surface area (Å²) in [6, 6.07) is 19.4. The second-order valence-corrected chi connectivity index (χ2v) is 9.98. The molecule has 0 unspecified atom stereocenters. The number of aryl methyl sites for hydroxylation is 1. The zero-order chi connectivity index (χ0) is 23.7. The van der Waals surface area contributed by atoms with E-state index in [1.165, 1.54) is 28.4 Å². The van der Waals surface area contributed by atoms with Crippen molar-refractivity contribution in [3.8, 4) is 0 Å². The maximum absolute atomic E-state index is 11.6. The number of fused-ring (bicyclic) bond motifs is 1. The molecule has 0 spiro atoms. The van der Waals surface area contributed by atoms with Crippen molar-refractivity contribution in [1.29, 1.82) is 0 Å². The van der Waals surface area contributed by atoms with Crippen molar-refractivity contribution in [3.05, 3.63) is 76.5 Å². The summed E-state index contributed by atoms with van der Waals surface area (Å²) >= 11 is 1.52. The maximum Gasteiger partial charge on any atom is 0.256 e. The molecule has 176 valence electrons. The molecule has 1 fully saturated rings. The minimum atomic E-state index is -0.338. The van der Waals surface area contributed by atoms with Crippen molar-refractivity contribution in [3.63, 3.8) is 0 Å². The van der Waals surface area contributed by atoms with Gasteiger partial charge in [-0.1, -0.05) is 30.0 Å². The zero-order valence-electron chi connectivity index (χ0n) is 19.8. The van der Waals surface area contributed by atoms with Crippen molar-refractivity contribution >= 4 is 39.9 Å². The van der Waals surface area contributed by atoms with E-state index in [0.717, 1.165) is 67.6 Å². The lowest BCUT2D eigenvalue weighted by Gasteiger charge is -2.36. The number of hydrogen-bond acceptors (Lipinski definition) is 6. The number of allylic oxidation sites excluding steroid dienone is 1. The second-order valence-electron chi connectivity index (χ2n) is 9.03. The Hall–Kier alpha value is -3.03. The summed E-state index contributed by atoms with van der Waals surface area (Å²) in [5, 5.41) is 1.24. The Morgan fingerprint density at radius 2 is 1.82 bits per heavy atom. The van der Waals surface area contributed by atoms with E-state index in [0.29, 0.717) is 4.91 Å². The third-order valence-corrected chi connectivity index (χ3v) is 7.97. The Labute approximate surface area is 205 Å². The monoisotopic (exact) mass is 473 g/mol. The largest absolute Gasteiger partial charge is 0.368 e. The number of primary amides is 1. The van der Waals surface area contributed by atoms with Crippen LogP contribution < -0.4 is 15.5 Å². The highest BCUT2D eigenvalue weighted by Gasteiger charge is 2.24. The van der Waals surface area contributed by atoms with Crippen molar-refractivity contribution < 1.29 is 4.79 Å². The van der Waals surface area contributed by atoms with E-state index in [9.17, 15) is 4.79 Å². The number of rotatable bonds is 6. The van der Waals surface area contributed by atoms with Crippen LogP contribution >= 0.6 is 11.8 Å². The van der Waals surface area contributed by atoms with Gasteiger partial charge >= 0.3 is 0 Å². The number of pyridine rings is 1.